The van der Waals surface area contributed by atoms with Crippen LogP contribution in [0.1, 0.15) is 24.2 Å². The van der Waals surface area contributed by atoms with Crippen LogP contribution in [0.25, 0.3) is 0 Å². The van der Waals surface area contributed by atoms with Gasteiger partial charge >= 0.3 is 0 Å². The summed E-state index contributed by atoms with van der Waals surface area (Å²) >= 11 is 0. The molecule has 1 aromatic heterocycles. The number of hydrogen-bond acceptors (Lipinski definition) is 5. The largest absolute Gasteiger partial charge is 0.439 e. The van der Waals surface area contributed by atoms with Crippen molar-refractivity contribution < 1.29 is 14.8 Å². The van der Waals surface area contributed by atoms with E-state index >= 15 is 0 Å². The highest BCUT2D eigenvalue weighted by molar-refractivity contribution is 5.44. The number of nitro groups is 1. The summed E-state index contributed by atoms with van der Waals surface area (Å²) in [5.74, 6) is 0.874. The first-order chi connectivity index (χ1) is 9.47. The molecule has 1 atom stereocenters. The molecule has 1 aromatic carbocycles. The average Bonchev–Trinajstić information content (AvgIpc) is 2.41. The highest BCUT2D eigenvalue weighted by atomic mass is 16.6. The summed E-state index contributed by atoms with van der Waals surface area (Å²) in [6.07, 6.45) is 0.943. The molecule has 1 N–H and O–H groups in total. The Morgan fingerprint density at radius 2 is 2.10 bits per heavy atom. The number of aliphatic hydroxyl groups is 1. The van der Waals surface area contributed by atoms with Crippen molar-refractivity contribution in [3.8, 4) is 11.6 Å². The topological polar surface area (TPSA) is 85.5 Å². The summed E-state index contributed by atoms with van der Waals surface area (Å²) in [7, 11) is 0. The fourth-order valence-electron chi connectivity index (χ4n) is 1.67. The number of aromatic nitrogens is 1. The second-order valence-electron chi connectivity index (χ2n) is 4.41. The number of nitrogens with zero attached hydrogens (tertiary/aromatic N) is 2. The number of aryl methyl sites for hydroxylation is 1. The van der Waals surface area contributed by atoms with Crippen LogP contribution in [0, 0.1) is 17.0 Å². The normalized spacial score (nSPS) is 11.9. The Kier molecular flexibility index (Phi) is 3.95. The van der Waals surface area contributed by atoms with Crippen molar-refractivity contribution in [1.29, 1.82) is 0 Å². The standard InChI is InChI=1S/C14H14N2O4/c1-9-7-12(16(18)19)4-5-13(9)20-14-6-3-11(8-15-14)10(2)17/h3-8,10,17H,1-2H3. The lowest BCUT2D eigenvalue weighted by Gasteiger charge is -2.09. The first kappa shape index (κ1) is 14.0. The molecule has 104 valence electrons. The molecule has 1 heterocycles. The van der Waals surface area contributed by atoms with Crippen molar-refractivity contribution in [2.45, 2.75) is 20.0 Å². The van der Waals surface area contributed by atoms with Crippen LogP contribution in [-0.2, 0) is 0 Å². The predicted octanol–water partition coefficient (Wildman–Crippen LogP) is 3.14. The number of non-ortho nitro benzene ring substituents is 1. The van der Waals surface area contributed by atoms with Gasteiger partial charge in [-0.1, -0.05) is 0 Å². The zero-order chi connectivity index (χ0) is 14.7. The Hall–Kier alpha value is -2.47. The second-order valence-corrected chi connectivity index (χ2v) is 4.41. The quantitative estimate of drug-likeness (QED) is 0.683. The van der Waals surface area contributed by atoms with E-state index in [4.69, 9.17) is 4.74 Å². The third kappa shape index (κ3) is 3.10. The van der Waals surface area contributed by atoms with Gasteiger partial charge in [0, 0.05) is 24.4 Å². The van der Waals surface area contributed by atoms with Crippen LogP contribution in [0.2, 0.25) is 0 Å². The number of benzene rings is 1. The number of rotatable bonds is 4. The van der Waals surface area contributed by atoms with Crippen LogP contribution >= 0.6 is 0 Å². The van der Waals surface area contributed by atoms with Gasteiger partial charge in [-0.15, -0.1) is 0 Å². The number of aliphatic hydroxyl groups excluding tert-OH is 1. The maximum Gasteiger partial charge on any atom is 0.269 e. The van der Waals surface area contributed by atoms with Crippen molar-refractivity contribution in [2.75, 3.05) is 0 Å². The van der Waals surface area contributed by atoms with Crippen molar-refractivity contribution >= 4 is 5.69 Å². The monoisotopic (exact) mass is 274 g/mol. The van der Waals surface area contributed by atoms with Crippen LogP contribution in [0.4, 0.5) is 5.69 Å². The van der Waals surface area contributed by atoms with E-state index in [0.717, 1.165) is 0 Å². The molecule has 0 saturated heterocycles. The number of nitro benzene ring substituents is 1. The van der Waals surface area contributed by atoms with Gasteiger partial charge in [-0.05, 0) is 37.1 Å². The van der Waals surface area contributed by atoms with Crippen molar-refractivity contribution in [3.05, 3.63) is 57.8 Å². The maximum absolute atomic E-state index is 10.7. The summed E-state index contributed by atoms with van der Waals surface area (Å²) in [6.45, 7) is 3.38. The molecule has 0 radical (unpaired) electrons. The zero-order valence-electron chi connectivity index (χ0n) is 11.1. The van der Waals surface area contributed by atoms with E-state index in [-0.39, 0.29) is 5.69 Å². The molecular formula is C14H14N2O4. The number of pyridine rings is 1. The van der Waals surface area contributed by atoms with Crippen molar-refractivity contribution in [1.82, 2.24) is 4.98 Å². The average molecular weight is 274 g/mol. The number of ether oxygens (including phenoxy) is 1. The molecule has 0 amide bonds. The van der Waals surface area contributed by atoms with Crippen LogP contribution in [0.15, 0.2) is 36.5 Å². The Morgan fingerprint density at radius 3 is 2.60 bits per heavy atom. The van der Waals surface area contributed by atoms with Gasteiger partial charge in [-0.25, -0.2) is 4.98 Å². The van der Waals surface area contributed by atoms with Gasteiger partial charge in [0.1, 0.15) is 5.75 Å². The molecular weight excluding hydrogens is 260 g/mol. The van der Waals surface area contributed by atoms with Gasteiger partial charge in [0.25, 0.3) is 5.69 Å². The molecule has 2 aromatic rings. The molecule has 0 fully saturated rings. The van der Waals surface area contributed by atoms with E-state index in [0.29, 0.717) is 22.8 Å². The first-order valence-electron chi connectivity index (χ1n) is 6.04. The van der Waals surface area contributed by atoms with Gasteiger partial charge in [-0.3, -0.25) is 10.1 Å². The lowest BCUT2D eigenvalue weighted by Crippen LogP contribution is -1.95. The fourth-order valence-corrected chi connectivity index (χ4v) is 1.67. The highest BCUT2D eigenvalue weighted by Crippen LogP contribution is 2.27. The van der Waals surface area contributed by atoms with E-state index < -0.39 is 11.0 Å². The molecule has 0 aliphatic rings. The minimum atomic E-state index is -0.585. The third-order valence-corrected chi connectivity index (χ3v) is 2.83. The van der Waals surface area contributed by atoms with Crippen molar-refractivity contribution in [2.24, 2.45) is 0 Å². The SMILES string of the molecule is Cc1cc([N+](=O)[O-])ccc1Oc1ccc(C(C)O)cn1. The fraction of sp³-hybridized carbons (Fsp3) is 0.214. The van der Waals surface area contributed by atoms with Gasteiger partial charge in [0.15, 0.2) is 0 Å². The summed E-state index contributed by atoms with van der Waals surface area (Å²) < 4.78 is 5.56. The molecule has 20 heavy (non-hydrogen) atoms. The Balaban J connectivity index is 2.19. The number of hydrogen-bond donors (Lipinski definition) is 1. The van der Waals surface area contributed by atoms with Crippen LogP contribution in [0.3, 0.4) is 0 Å². The van der Waals surface area contributed by atoms with E-state index in [9.17, 15) is 15.2 Å². The van der Waals surface area contributed by atoms with E-state index in [1.165, 1.54) is 24.4 Å². The van der Waals surface area contributed by atoms with Crippen molar-refractivity contribution in [3.63, 3.8) is 0 Å². The zero-order valence-corrected chi connectivity index (χ0v) is 11.1. The van der Waals surface area contributed by atoms with Crippen LogP contribution in [0.5, 0.6) is 11.6 Å². The Morgan fingerprint density at radius 1 is 1.35 bits per heavy atom. The van der Waals surface area contributed by atoms with Gasteiger partial charge < -0.3 is 9.84 Å². The minimum absolute atomic E-state index is 0.0206. The molecule has 0 aliphatic heterocycles. The van der Waals surface area contributed by atoms with Crippen LogP contribution in [-0.4, -0.2) is 15.0 Å². The van der Waals surface area contributed by atoms with Gasteiger partial charge in [-0.2, -0.15) is 0 Å². The maximum atomic E-state index is 10.7. The molecule has 6 nitrogen and oxygen atoms in total. The van der Waals surface area contributed by atoms with E-state index in [1.54, 1.807) is 26.0 Å². The lowest BCUT2D eigenvalue weighted by atomic mass is 10.2. The lowest BCUT2D eigenvalue weighted by molar-refractivity contribution is -0.384. The Bertz CT molecular complexity index is 624. The Labute approximate surface area is 115 Å². The smallest absolute Gasteiger partial charge is 0.269 e. The molecule has 0 saturated carbocycles. The molecule has 6 heteroatoms. The van der Waals surface area contributed by atoms with Crippen LogP contribution < -0.4 is 4.74 Å². The molecule has 0 bridgehead atoms. The summed E-state index contributed by atoms with van der Waals surface area (Å²) in [5.41, 5.74) is 1.37. The van der Waals surface area contributed by atoms with Gasteiger partial charge in [0.2, 0.25) is 5.88 Å². The van der Waals surface area contributed by atoms with E-state index in [2.05, 4.69) is 4.98 Å². The summed E-state index contributed by atoms with van der Waals surface area (Å²) in [6, 6.07) is 7.72. The molecule has 2 rings (SSSR count). The molecule has 0 spiro atoms. The minimum Gasteiger partial charge on any atom is -0.439 e. The van der Waals surface area contributed by atoms with E-state index in [1.807, 2.05) is 0 Å². The highest BCUT2D eigenvalue weighted by Gasteiger charge is 2.10. The third-order valence-electron chi connectivity index (χ3n) is 2.83. The van der Waals surface area contributed by atoms with Gasteiger partial charge in [0.05, 0.1) is 11.0 Å². The predicted molar refractivity (Wildman–Crippen MR) is 72.8 cm³/mol. The summed E-state index contributed by atoms with van der Waals surface area (Å²) in [5, 5.41) is 20.0. The summed E-state index contributed by atoms with van der Waals surface area (Å²) in [4.78, 5) is 14.3. The molecule has 1 unspecified atom stereocenters. The molecule has 0 aliphatic carbocycles. The first-order valence-corrected chi connectivity index (χ1v) is 6.04. The second kappa shape index (κ2) is 5.66.